The highest BCUT2D eigenvalue weighted by Crippen LogP contribution is 2.26. The summed E-state index contributed by atoms with van der Waals surface area (Å²) in [6.07, 6.45) is -0.428. The van der Waals surface area contributed by atoms with Crippen molar-refractivity contribution in [3.8, 4) is 0 Å². The van der Waals surface area contributed by atoms with Gasteiger partial charge < -0.3 is 0 Å². The van der Waals surface area contributed by atoms with Crippen LogP contribution in [0.3, 0.4) is 0 Å². The summed E-state index contributed by atoms with van der Waals surface area (Å²) in [7, 11) is 0. The molecule has 0 atom stereocenters. The van der Waals surface area contributed by atoms with Crippen LogP contribution in [-0.4, -0.2) is 22.8 Å². The Hall–Kier alpha value is -2.77. The van der Waals surface area contributed by atoms with Crippen molar-refractivity contribution in [2.75, 3.05) is 4.90 Å². The molecule has 19 heavy (non-hydrogen) atoms. The molecule has 1 N–H and O–H groups in total. The predicted octanol–water partition coefficient (Wildman–Crippen LogP) is 0.876. The normalized spacial score (nSPS) is 15.4. The predicted molar refractivity (Wildman–Crippen MR) is 63.5 cm³/mol. The molecular weight excluding hydrogens is 254 g/mol. The minimum atomic E-state index is -0.849. The minimum Gasteiger partial charge on any atom is -0.277 e. The number of carbonyl (C=O) groups is 3. The number of nitro groups is 1. The number of hydrogen-bond acceptors (Lipinski definition) is 5. The summed E-state index contributed by atoms with van der Waals surface area (Å²) in [5.41, 5.74) is 0.481. The van der Waals surface area contributed by atoms with Gasteiger partial charge in [0.25, 0.3) is 5.69 Å². The Bertz CT molecular complexity index is 590. The lowest BCUT2D eigenvalue weighted by Crippen LogP contribution is -2.53. The SMILES string of the molecule is Cc1cc([N+](=O)[O-])ccc1N1C(=O)CC(=O)NC1=O. The van der Waals surface area contributed by atoms with E-state index < -0.39 is 29.2 Å². The van der Waals surface area contributed by atoms with Crippen LogP contribution < -0.4 is 10.2 Å². The van der Waals surface area contributed by atoms with Crippen molar-refractivity contribution in [2.24, 2.45) is 0 Å². The maximum atomic E-state index is 11.7. The van der Waals surface area contributed by atoms with E-state index in [1.165, 1.54) is 18.2 Å². The lowest BCUT2D eigenvalue weighted by molar-refractivity contribution is -0.384. The molecule has 0 saturated carbocycles. The number of non-ortho nitro benzene ring substituents is 1. The minimum absolute atomic E-state index is 0.137. The number of barbiturate groups is 1. The summed E-state index contributed by atoms with van der Waals surface area (Å²) in [5.74, 6) is -1.32. The summed E-state index contributed by atoms with van der Waals surface area (Å²) in [6, 6.07) is 2.91. The molecule has 1 aromatic rings. The van der Waals surface area contributed by atoms with Gasteiger partial charge in [0.15, 0.2) is 0 Å². The molecule has 0 unspecified atom stereocenters. The number of amides is 4. The Morgan fingerprint density at radius 3 is 2.53 bits per heavy atom. The number of benzene rings is 1. The van der Waals surface area contributed by atoms with Crippen LogP contribution in [0.15, 0.2) is 18.2 Å². The lowest BCUT2D eigenvalue weighted by Gasteiger charge is -2.25. The number of urea groups is 1. The second kappa shape index (κ2) is 4.48. The molecule has 0 radical (unpaired) electrons. The third-order valence-electron chi connectivity index (χ3n) is 2.64. The number of nitro benzene ring substituents is 1. The first-order valence-electron chi connectivity index (χ1n) is 5.32. The Kier molecular flexibility index (Phi) is 2.99. The van der Waals surface area contributed by atoms with Crippen molar-refractivity contribution in [3.05, 3.63) is 33.9 Å². The van der Waals surface area contributed by atoms with E-state index in [-0.39, 0.29) is 11.4 Å². The molecule has 1 aromatic carbocycles. The molecule has 0 bridgehead atoms. The van der Waals surface area contributed by atoms with Gasteiger partial charge in [-0.2, -0.15) is 0 Å². The molecule has 0 spiro atoms. The molecule has 1 fully saturated rings. The van der Waals surface area contributed by atoms with Gasteiger partial charge in [0.2, 0.25) is 11.8 Å². The van der Waals surface area contributed by atoms with Crippen LogP contribution in [0.4, 0.5) is 16.2 Å². The number of nitrogens with zero attached hydrogens (tertiary/aromatic N) is 2. The molecule has 1 heterocycles. The summed E-state index contributed by atoms with van der Waals surface area (Å²) in [6.45, 7) is 1.54. The molecular formula is C11H9N3O5. The van der Waals surface area contributed by atoms with Crippen molar-refractivity contribution in [1.82, 2.24) is 5.32 Å². The van der Waals surface area contributed by atoms with Crippen molar-refractivity contribution >= 4 is 29.2 Å². The second-order valence-corrected chi connectivity index (χ2v) is 3.99. The first kappa shape index (κ1) is 12.7. The summed E-state index contributed by atoms with van der Waals surface area (Å²) in [4.78, 5) is 45.2. The third kappa shape index (κ3) is 2.28. The van der Waals surface area contributed by atoms with Crippen LogP contribution >= 0.6 is 0 Å². The van der Waals surface area contributed by atoms with E-state index in [4.69, 9.17) is 0 Å². The topological polar surface area (TPSA) is 110 Å². The van der Waals surface area contributed by atoms with Gasteiger partial charge in [-0.3, -0.25) is 25.0 Å². The zero-order valence-electron chi connectivity index (χ0n) is 9.87. The standard InChI is InChI=1S/C11H9N3O5/c1-6-4-7(14(18)19)2-3-8(6)13-10(16)5-9(15)12-11(13)17/h2-4H,5H2,1H3,(H,12,15,17). The number of anilines is 1. The van der Waals surface area contributed by atoms with Crippen molar-refractivity contribution in [2.45, 2.75) is 13.3 Å². The highest BCUT2D eigenvalue weighted by atomic mass is 16.6. The first-order chi connectivity index (χ1) is 8.90. The summed E-state index contributed by atoms with van der Waals surface area (Å²) in [5, 5.41) is 12.6. The second-order valence-electron chi connectivity index (χ2n) is 3.99. The van der Waals surface area contributed by atoms with E-state index in [0.717, 1.165) is 4.90 Å². The number of hydrogen-bond donors (Lipinski definition) is 1. The fraction of sp³-hybridized carbons (Fsp3) is 0.182. The van der Waals surface area contributed by atoms with Gasteiger partial charge in [-0.1, -0.05) is 0 Å². The number of nitrogens with one attached hydrogen (secondary N) is 1. The molecule has 8 heteroatoms. The van der Waals surface area contributed by atoms with Crippen LogP contribution in [0.25, 0.3) is 0 Å². The van der Waals surface area contributed by atoms with Crippen molar-refractivity contribution < 1.29 is 19.3 Å². The molecule has 98 valence electrons. The number of rotatable bonds is 2. The quantitative estimate of drug-likeness (QED) is 0.483. The largest absolute Gasteiger partial charge is 0.335 e. The molecule has 1 aliphatic heterocycles. The van der Waals surface area contributed by atoms with E-state index in [1.807, 2.05) is 5.32 Å². The summed E-state index contributed by atoms with van der Waals surface area (Å²) < 4.78 is 0. The Morgan fingerprint density at radius 1 is 1.32 bits per heavy atom. The molecule has 8 nitrogen and oxygen atoms in total. The van der Waals surface area contributed by atoms with E-state index in [2.05, 4.69) is 0 Å². The molecule has 0 aliphatic carbocycles. The van der Waals surface area contributed by atoms with Gasteiger partial charge in [-0.05, 0) is 18.6 Å². The Labute approximate surface area is 107 Å². The van der Waals surface area contributed by atoms with Crippen LogP contribution in [0.1, 0.15) is 12.0 Å². The lowest BCUT2D eigenvalue weighted by atomic mass is 10.1. The number of carbonyl (C=O) groups excluding carboxylic acids is 3. The van der Waals surface area contributed by atoms with E-state index in [9.17, 15) is 24.5 Å². The first-order valence-corrected chi connectivity index (χ1v) is 5.32. The van der Waals surface area contributed by atoms with E-state index in [0.29, 0.717) is 5.56 Å². The Balaban J connectivity index is 2.41. The zero-order chi connectivity index (χ0) is 14.2. The van der Waals surface area contributed by atoms with Crippen molar-refractivity contribution in [1.29, 1.82) is 0 Å². The van der Waals surface area contributed by atoms with E-state index in [1.54, 1.807) is 6.92 Å². The highest BCUT2D eigenvalue weighted by Gasteiger charge is 2.33. The molecule has 0 aromatic heterocycles. The van der Waals surface area contributed by atoms with Gasteiger partial charge in [0, 0.05) is 12.1 Å². The van der Waals surface area contributed by atoms with Gasteiger partial charge in [0.1, 0.15) is 6.42 Å². The monoisotopic (exact) mass is 263 g/mol. The summed E-state index contributed by atoms with van der Waals surface area (Å²) >= 11 is 0. The fourth-order valence-electron chi connectivity index (χ4n) is 1.80. The van der Waals surface area contributed by atoms with Gasteiger partial charge >= 0.3 is 6.03 Å². The van der Waals surface area contributed by atoms with Crippen LogP contribution in [0.2, 0.25) is 0 Å². The van der Waals surface area contributed by atoms with E-state index >= 15 is 0 Å². The van der Waals surface area contributed by atoms with Gasteiger partial charge in [-0.25, -0.2) is 9.69 Å². The van der Waals surface area contributed by atoms with Crippen molar-refractivity contribution in [3.63, 3.8) is 0 Å². The third-order valence-corrected chi connectivity index (χ3v) is 2.64. The molecule has 2 rings (SSSR count). The van der Waals surface area contributed by atoms with Gasteiger partial charge in [0.05, 0.1) is 10.6 Å². The molecule has 4 amide bonds. The average molecular weight is 263 g/mol. The zero-order valence-corrected chi connectivity index (χ0v) is 9.87. The van der Waals surface area contributed by atoms with Crippen LogP contribution in [-0.2, 0) is 9.59 Å². The number of aryl methyl sites for hydroxylation is 1. The smallest absolute Gasteiger partial charge is 0.277 e. The van der Waals surface area contributed by atoms with Gasteiger partial charge in [-0.15, -0.1) is 0 Å². The molecule has 1 saturated heterocycles. The highest BCUT2D eigenvalue weighted by molar-refractivity contribution is 6.26. The van der Waals surface area contributed by atoms with Crippen LogP contribution in [0, 0.1) is 17.0 Å². The Morgan fingerprint density at radius 2 is 2.00 bits per heavy atom. The molecule has 1 aliphatic rings. The maximum absolute atomic E-state index is 11.7. The maximum Gasteiger partial charge on any atom is 0.335 e. The average Bonchev–Trinajstić information content (AvgIpc) is 2.29. The number of imide groups is 2. The fourth-order valence-corrected chi connectivity index (χ4v) is 1.80. The van der Waals surface area contributed by atoms with Crippen LogP contribution in [0.5, 0.6) is 0 Å².